The SMILES string of the molecule is CC(=NNC(=O)c1ccc(C(=O)O)cc1)c1c(O)n(-c2ccc(C)cc2)c2ccc(F)cc12. The van der Waals surface area contributed by atoms with Crippen LogP contribution in [0.3, 0.4) is 0 Å². The molecule has 33 heavy (non-hydrogen) atoms. The number of aromatic nitrogens is 1. The Labute approximate surface area is 188 Å². The molecule has 0 aliphatic heterocycles. The van der Waals surface area contributed by atoms with Crippen LogP contribution in [-0.4, -0.2) is 32.4 Å². The topological polar surface area (TPSA) is 104 Å². The van der Waals surface area contributed by atoms with E-state index in [1.165, 1.54) is 36.4 Å². The fourth-order valence-corrected chi connectivity index (χ4v) is 3.58. The molecule has 3 N–H and O–H groups in total. The minimum Gasteiger partial charge on any atom is -0.494 e. The molecule has 0 aliphatic carbocycles. The van der Waals surface area contributed by atoms with Crippen LogP contribution in [0.1, 0.15) is 38.8 Å². The van der Waals surface area contributed by atoms with Crippen LogP contribution in [0.4, 0.5) is 4.39 Å². The molecule has 4 rings (SSSR count). The molecule has 0 atom stereocenters. The summed E-state index contributed by atoms with van der Waals surface area (Å²) in [5.74, 6) is -2.26. The standard InChI is InChI=1S/C25H20FN3O4/c1-14-3-10-19(11-4-14)29-21-12-9-18(26)13-20(21)22(24(29)31)15(2)27-28-23(30)16-5-7-17(8-6-16)25(32)33/h3-13,31H,1-2H3,(H,28,30)(H,32,33). The number of aromatic carboxylic acids is 1. The highest BCUT2D eigenvalue weighted by atomic mass is 19.1. The number of hydrogen-bond donors (Lipinski definition) is 3. The summed E-state index contributed by atoms with van der Waals surface area (Å²) in [7, 11) is 0. The number of fused-ring (bicyclic) bond motifs is 1. The fourth-order valence-electron chi connectivity index (χ4n) is 3.58. The Bertz CT molecular complexity index is 1400. The molecular weight excluding hydrogens is 425 g/mol. The number of nitrogens with zero attached hydrogens (tertiary/aromatic N) is 2. The second-order valence-corrected chi connectivity index (χ2v) is 7.55. The van der Waals surface area contributed by atoms with E-state index in [-0.39, 0.29) is 28.3 Å². The summed E-state index contributed by atoms with van der Waals surface area (Å²) in [4.78, 5) is 23.4. The van der Waals surface area contributed by atoms with Crippen molar-refractivity contribution in [2.45, 2.75) is 13.8 Å². The summed E-state index contributed by atoms with van der Waals surface area (Å²) < 4.78 is 15.7. The number of rotatable bonds is 5. The number of hydrazone groups is 1. The van der Waals surface area contributed by atoms with Crippen LogP contribution in [0.5, 0.6) is 5.88 Å². The van der Waals surface area contributed by atoms with Gasteiger partial charge in [0, 0.05) is 16.6 Å². The summed E-state index contributed by atoms with van der Waals surface area (Å²) in [6.07, 6.45) is 0. The van der Waals surface area contributed by atoms with Gasteiger partial charge in [-0.05, 0) is 68.4 Å². The molecule has 0 fully saturated rings. The van der Waals surface area contributed by atoms with Crippen molar-refractivity contribution in [3.05, 3.63) is 94.8 Å². The van der Waals surface area contributed by atoms with E-state index in [9.17, 15) is 19.1 Å². The van der Waals surface area contributed by atoms with Crippen molar-refractivity contribution in [3.8, 4) is 11.6 Å². The first-order valence-electron chi connectivity index (χ1n) is 10.0. The Morgan fingerprint density at radius 2 is 1.61 bits per heavy atom. The number of carbonyl (C=O) groups is 2. The quantitative estimate of drug-likeness (QED) is 0.308. The van der Waals surface area contributed by atoms with E-state index < -0.39 is 17.7 Å². The van der Waals surface area contributed by atoms with E-state index in [1.807, 2.05) is 31.2 Å². The molecule has 8 heteroatoms. The van der Waals surface area contributed by atoms with Crippen molar-refractivity contribution in [2.75, 3.05) is 0 Å². The summed E-state index contributed by atoms with van der Waals surface area (Å²) >= 11 is 0. The first kappa shape index (κ1) is 21.8. The largest absolute Gasteiger partial charge is 0.494 e. The molecule has 166 valence electrons. The van der Waals surface area contributed by atoms with E-state index in [1.54, 1.807) is 17.6 Å². The van der Waals surface area contributed by atoms with E-state index >= 15 is 0 Å². The van der Waals surface area contributed by atoms with E-state index in [2.05, 4.69) is 10.5 Å². The number of carbonyl (C=O) groups excluding carboxylic acids is 1. The summed E-state index contributed by atoms with van der Waals surface area (Å²) in [5.41, 5.74) is 5.55. The zero-order valence-corrected chi connectivity index (χ0v) is 17.8. The molecule has 1 aromatic heterocycles. The minimum atomic E-state index is -1.09. The average molecular weight is 445 g/mol. The lowest BCUT2D eigenvalue weighted by Gasteiger charge is -2.08. The number of halogens is 1. The molecule has 4 aromatic rings. The van der Waals surface area contributed by atoms with E-state index in [0.717, 1.165) is 5.56 Å². The number of carboxylic acid groups (broad SMARTS) is 1. The average Bonchev–Trinajstić information content (AvgIpc) is 3.08. The third-order valence-corrected chi connectivity index (χ3v) is 5.28. The van der Waals surface area contributed by atoms with Crippen LogP contribution in [0.2, 0.25) is 0 Å². The van der Waals surface area contributed by atoms with Crippen molar-refractivity contribution in [1.29, 1.82) is 0 Å². The summed E-state index contributed by atoms with van der Waals surface area (Å²) in [5, 5.41) is 24.6. The highest BCUT2D eigenvalue weighted by Gasteiger charge is 2.21. The first-order valence-corrected chi connectivity index (χ1v) is 10.0. The summed E-state index contributed by atoms with van der Waals surface area (Å²) in [6, 6.07) is 17.1. The Morgan fingerprint density at radius 1 is 0.970 bits per heavy atom. The molecule has 1 amide bonds. The molecule has 1 heterocycles. The highest BCUT2D eigenvalue weighted by molar-refractivity contribution is 6.13. The maximum Gasteiger partial charge on any atom is 0.335 e. The number of aromatic hydroxyl groups is 1. The molecule has 3 aromatic carbocycles. The molecule has 0 spiro atoms. The molecule has 0 unspecified atom stereocenters. The molecule has 0 bridgehead atoms. The zero-order chi connectivity index (χ0) is 23.7. The lowest BCUT2D eigenvalue weighted by atomic mass is 10.1. The third kappa shape index (κ3) is 4.18. The molecule has 0 aliphatic rings. The lowest BCUT2D eigenvalue weighted by Crippen LogP contribution is -2.19. The Hall–Kier alpha value is -4.46. The number of carboxylic acids is 1. The monoisotopic (exact) mass is 445 g/mol. The number of aryl methyl sites for hydroxylation is 1. The second kappa shape index (κ2) is 8.58. The molecule has 7 nitrogen and oxygen atoms in total. The fraction of sp³-hybridized carbons (Fsp3) is 0.0800. The van der Waals surface area contributed by atoms with Gasteiger partial charge in [-0.25, -0.2) is 14.6 Å². The first-order chi connectivity index (χ1) is 15.8. The van der Waals surface area contributed by atoms with Crippen molar-refractivity contribution in [1.82, 2.24) is 9.99 Å². The van der Waals surface area contributed by atoms with E-state index in [0.29, 0.717) is 16.6 Å². The van der Waals surface area contributed by atoms with Crippen LogP contribution < -0.4 is 5.43 Å². The predicted molar refractivity (Wildman–Crippen MR) is 123 cm³/mol. The van der Waals surface area contributed by atoms with Gasteiger partial charge in [-0.3, -0.25) is 9.36 Å². The van der Waals surface area contributed by atoms with Crippen LogP contribution in [0.25, 0.3) is 16.6 Å². The van der Waals surface area contributed by atoms with Gasteiger partial charge in [0.2, 0.25) is 5.88 Å². The van der Waals surface area contributed by atoms with Gasteiger partial charge in [0.15, 0.2) is 0 Å². The van der Waals surface area contributed by atoms with Crippen LogP contribution in [0.15, 0.2) is 71.8 Å². The summed E-state index contributed by atoms with van der Waals surface area (Å²) in [6.45, 7) is 3.54. The van der Waals surface area contributed by atoms with Crippen LogP contribution >= 0.6 is 0 Å². The number of hydrogen-bond acceptors (Lipinski definition) is 4. The van der Waals surface area contributed by atoms with Gasteiger partial charge in [-0.1, -0.05) is 17.7 Å². The van der Waals surface area contributed by atoms with Gasteiger partial charge >= 0.3 is 5.97 Å². The van der Waals surface area contributed by atoms with Crippen LogP contribution in [-0.2, 0) is 0 Å². The Morgan fingerprint density at radius 3 is 2.24 bits per heavy atom. The predicted octanol–water partition coefficient (Wildman–Crippen LogP) is 4.64. The number of benzene rings is 3. The second-order valence-electron chi connectivity index (χ2n) is 7.55. The normalized spacial score (nSPS) is 11.5. The zero-order valence-electron chi connectivity index (χ0n) is 17.8. The van der Waals surface area contributed by atoms with Gasteiger partial charge in [-0.2, -0.15) is 5.10 Å². The lowest BCUT2D eigenvalue weighted by molar-refractivity contribution is 0.0696. The molecule has 0 saturated carbocycles. The number of amides is 1. The van der Waals surface area contributed by atoms with Crippen LogP contribution in [0, 0.1) is 12.7 Å². The maximum atomic E-state index is 14.1. The number of nitrogens with one attached hydrogen (secondary N) is 1. The smallest absolute Gasteiger partial charge is 0.335 e. The van der Waals surface area contributed by atoms with Crippen molar-refractivity contribution < 1.29 is 24.2 Å². The van der Waals surface area contributed by atoms with Gasteiger partial charge < -0.3 is 10.2 Å². The van der Waals surface area contributed by atoms with Gasteiger partial charge in [0.25, 0.3) is 5.91 Å². The maximum absolute atomic E-state index is 14.1. The molecule has 0 saturated heterocycles. The van der Waals surface area contributed by atoms with Gasteiger partial charge in [0.1, 0.15) is 5.82 Å². The highest BCUT2D eigenvalue weighted by Crippen LogP contribution is 2.35. The van der Waals surface area contributed by atoms with E-state index in [4.69, 9.17) is 5.11 Å². The van der Waals surface area contributed by atoms with Gasteiger partial charge in [-0.15, -0.1) is 0 Å². The minimum absolute atomic E-state index is 0.0575. The molecule has 0 radical (unpaired) electrons. The van der Waals surface area contributed by atoms with Gasteiger partial charge in [0.05, 0.1) is 22.4 Å². The van der Waals surface area contributed by atoms with Crippen molar-refractivity contribution in [3.63, 3.8) is 0 Å². The Balaban J connectivity index is 1.72. The Kier molecular flexibility index (Phi) is 5.66. The molecular formula is C25H20FN3O4. The van der Waals surface area contributed by atoms with Crippen molar-refractivity contribution >= 4 is 28.5 Å². The third-order valence-electron chi connectivity index (χ3n) is 5.28. The van der Waals surface area contributed by atoms with Crippen molar-refractivity contribution in [2.24, 2.45) is 5.10 Å².